The predicted octanol–water partition coefficient (Wildman–Crippen LogP) is 6.08. The summed E-state index contributed by atoms with van der Waals surface area (Å²) < 4.78 is 7.85. The van der Waals surface area contributed by atoms with Crippen molar-refractivity contribution in [2.75, 3.05) is 5.32 Å². The largest absolute Gasteiger partial charge is 0.491 e. The molecular formula is C28H27N3O2. The van der Waals surface area contributed by atoms with Gasteiger partial charge in [-0.05, 0) is 55.7 Å². The Balaban J connectivity index is 1.54. The molecule has 33 heavy (non-hydrogen) atoms. The first kappa shape index (κ1) is 22.2. The highest BCUT2D eigenvalue weighted by atomic mass is 16.5. The van der Waals surface area contributed by atoms with Crippen molar-refractivity contribution in [2.45, 2.75) is 32.8 Å². The Morgan fingerprint density at radius 1 is 1.06 bits per heavy atom. The van der Waals surface area contributed by atoms with Crippen LogP contribution in [-0.4, -0.2) is 16.6 Å². The molecule has 3 aromatic carbocycles. The number of fused-ring (bicyclic) bond motifs is 1. The van der Waals surface area contributed by atoms with Gasteiger partial charge in [-0.25, -0.2) is 0 Å². The van der Waals surface area contributed by atoms with Crippen LogP contribution in [0, 0.1) is 11.3 Å². The first-order valence-corrected chi connectivity index (χ1v) is 11.1. The summed E-state index contributed by atoms with van der Waals surface area (Å²) in [5.74, 6) is 0.759. The SMILES string of the molecule is CC(C)Oc1ccc2c(C#N)c(-c3ccc(NC(=O)CCc4ccccc4)cc3)n(C)c2c1. The van der Waals surface area contributed by atoms with Gasteiger partial charge < -0.3 is 14.6 Å². The molecule has 0 unspecified atom stereocenters. The lowest BCUT2D eigenvalue weighted by Gasteiger charge is -2.10. The summed E-state index contributed by atoms with van der Waals surface area (Å²) in [6, 6.07) is 25.8. The summed E-state index contributed by atoms with van der Waals surface area (Å²) in [7, 11) is 1.96. The Kier molecular flexibility index (Phi) is 6.46. The average Bonchev–Trinajstić information content (AvgIpc) is 3.09. The molecule has 0 aliphatic heterocycles. The number of carbonyl (C=O) groups is 1. The summed E-state index contributed by atoms with van der Waals surface area (Å²) in [6.07, 6.45) is 1.20. The van der Waals surface area contributed by atoms with Crippen LogP contribution < -0.4 is 10.1 Å². The molecule has 5 nitrogen and oxygen atoms in total. The Hall–Kier alpha value is -4.04. The number of nitriles is 1. The van der Waals surface area contributed by atoms with Gasteiger partial charge in [-0.1, -0.05) is 42.5 Å². The molecule has 1 amide bonds. The van der Waals surface area contributed by atoms with Crippen LogP contribution in [0.1, 0.15) is 31.4 Å². The smallest absolute Gasteiger partial charge is 0.224 e. The summed E-state index contributed by atoms with van der Waals surface area (Å²) in [4.78, 5) is 12.4. The summed E-state index contributed by atoms with van der Waals surface area (Å²) in [6.45, 7) is 3.98. The van der Waals surface area contributed by atoms with Gasteiger partial charge in [0.05, 0.1) is 22.9 Å². The first-order chi connectivity index (χ1) is 16.0. The van der Waals surface area contributed by atoms with Crippen molar-refractivity contribution in [3.63, 3.8) is 0 Å². The number of benzene rings is 3. The number of aryl methyl sites for hydroxylation is 2. The Labute approximate surface area is 194 Å². The highest BCUT2D eigenvalue weighted by molar-refractivity contribution is 5.96. The lowest BCUT2D eigenvalue weighted by atomic mass is 10.1. The quantitative estimate of drug-likeness (QED) is 0.381. The van der Waals surface area contributed by atoms with Gasteiger partial charge in [0.2, 0.25) is 5.91 Å². The van der Waals surface area contributed by atoms with E-state index >= 15 is 0 Å². The molecule has 0 aliphatic carbocycles. The molecule has 0 radical (unpaired) electrons. The maximum Gasteiger partial charge on any atom is 0.224 e. The molecular weight excluding hydrogens is 410 g/mol. The molecule has 0 bridgehead atoms. The highest BCUT2D eigenvalue weighted by Gasteiger charge is 2.17. The van der Waals surface area contributed by atoms with Crippen LogP contribution in [0.4, 0.5) is 5.69 Å². The van der Waals surface area contributed by atoms with Gasteiger partial charge in [-0.3, -0.25) is 4.79 Å². The van der Waals surface area contributed by atoms with Gasteiger partial charge >= 0.3 is 0 Å². The van der Waals surface area contributed by atoms with E-state index in [2.05, 4.69) is 11.4 Å². The lowest BCUT2D eigenvalue weighted by Crippen LogP contribution is -2.12. The molecule has 1 N–H and O–H groups in total. The molecule has 5 heteroatoms. The van der Waals surface area contributed by atoms with Crippen LogP contribution in [0.3, 0.4) is 0 Å². The van der Waals surface area contributed by atoms with E-state index in [1.165, 1.54) is 0 Å². The van der Waals surface area contributed by atoms with E-state index in [9.17, 15) is 10.1 Å². The number of ether oxygens (including phenoxy) is 1. The van der Waals surface area contributed by atoms with E-state index in [0.29, 0.717) is 18.4 Å². The van der Waals surface area contributed by atoms with Crippen molar-refractivity contribution in [3.8, 4) is 23.1 Å². The van der Waals surface area contributed by atoms with Crippen LogP contribution in [0.25, 0.3) is 22.2 Å². The van der Waals surface area contributed by atoms with Gasteiger partial charge in [0, 0.05) is 30.6 Å². The number of rotatable bonds is 7. The van der Waals surface area contributed by atoms with E-state index in [4.69, 9.17) is 4.74 Å². The minimum absolute atomic E-state index is 0.0217. The lowest BCUT2D eigenvalue weighted by molar-refractivity contribution is -0.116. The predicted molar refractivity (Wildman–Crippen MR) is 132 cm³/mol. The third kappa shape index (κ3) is 4.91. The second kappa shape index (κ2) is 9.62. The molecule has 0 saturated carbocycles. The van der Waals surface area contributed by atoms with Crippen molar-refractivity contribution in [2.24, 2.45) is 7.05 Å². The number of hydrogen-bond acceptors (Lipinski definition) is 3. The standard InChI is InChI=1S/C28H27N3O2/c1-19(2)33-23-14-15-24-25(18-29)28(31(3)26(24)17-23)21-10-12-22(13-11-21)30-27(32)16-9-20-7-5-4-6-8-20/h4-8,10-15,17,19H,9,16H2,1-3H3,(H,30,32). The molecule has 0 aliphatic rings. The van der Waals surface area contributed by atoms with Crippen LogP contribution in [-0.2, 0) is 18.3 Å². The fourth-order valence-electron chi connectivity index (χ4n) is 4.05. The zero-order chi connectivity index (χ0) is 23.4. The number of nitrogens with one attached hydrogen (secondary N) is 1. The molecule has 166 valence electrons. The number of nitrogens with zero attached hydrogens (tertiary/aromatic N) is 2. The molecule has 0 atom stereocenters. The Morgan fingerprint density at radius 3 is 2.45 bits per heavy atom. The van der Waals surface area contributed by atoms with Crippen molar-refractivity contribution in [1.29, 1.82) is 5.26 Å². The highest BCUT2D eigenvalue weighted by Crippen LogP contribution is 2.35. The van der Waals surface area contributed by atoms with Crippen molar-refractivity contribution < 1.29 is 9.53 Å². The molecule has 4 rings (SSSR count). The third-order valence-electron chi connectivity index (χ3n) is 5.58. The summed E-state index contributed by atoms with van der Waals surface area (Å²) >= 11 is 0. The Bertz CT molecular complexity index is 1310. The fourth-order valence-corrected chi connectivity index (χ4v) is 4.05. The summed E-state index contributed by atoms with van der Waals surface area (Å²) in [5, 5.41) is 13.7. The van der Waals surface area contributed by atoms with Crippen LogP contribution in [0.2, 0.25) is 0 Å². The van der Waals surface area contributed by atoms with E-state index in [1.807, 2.05) is 98.3 Å². The summed E-state index contributed by atoms with van der Waals surface area (Å²) in [5.41, 5.74) is 5.21. The van der Waals surface area contributed by atoms with Gasteiger partial charge in [0.15, 0.2) is 0 Å². The monoisotopic (exact) mass is 437 g/mol. The Morgan fingerprint density at radius 2 is 1.79 bits per heavy atom. The second-order valence-corrected chi connectivity index (χ2v) is 8.35. The fraction of sp³-hybridized carbons (Fsp3) is 0.214. The maximum atomic E-state index is 12.4. The van der Waals surface area contributed by atoms with E-state index in [0.717, 1.165) is 39.2 Å². The topological polar surface area (TPSA) is 67.0 Å². The maximum absolute atomic E-state index is 12.4. The third-order valence-corrected chi connectivity index (χ3v) is 5.58. The number of aromatic nitrogens is 1. The van der Waals surface area contributed by atoms with Gasteiger partial charge in [-0.2, -0.15) is 5.26 Å². The first-order valence-electron chi connectivity index (χ1n) is 11.1. The van der Waals surface area contributed by atoms with E-state index in [-0.39, 0.29) is 12.0 Å². The molecule has 0 saturated heterocycles. The normalized spacial score (nSPS) is 10.9. The van der Waals surface area contributed by atoms with Gasteiger partial charge in [0.25, 0.3) is 0 Å². The van der Waals surface area contributed by atoms with Crippen LogP contribution in [0.15, 0.2) is 72.8 Å². The number of hydrogen-bond donors (Lipinski definition) is 1. The van der Waals surface area contributed by atoms with Crippen LogP contribution >= 0.6 is 0 Å². The van der Waals surface area contributed by atoms with Gasteiger partial charge in [0.1, 0.15) is 11.8 Å². The van der Waals surface area contributed by atoms with E-state index < -0.39 is 0 Å². The zero-order valence-corrected chi connectivity index (χ0v) is 19.1. The van der Waals surface area contributed by atoms with Crippen LogP contribution in [0.5, 0.6) is 5.75 Å². The number of anilines is 1. The van der Waals surface area contributed by atoms with Gasteiger partial charge in [-0.15, -0.1) is 0 Å². The average molecular weight is 438 g/mol. The van der Waals surface area contributed by atoms with Crippen molar-refractivity contribution in [3.05, 3.63) is 83.9 Å². The molecule has 0 fully saturated rings. The molecule has 1 heterocycles. The molecule has 4 aromatic rings. The second-order valence-electron chi connectivity index (χ2n) is 8.35. The number of amides is 1. The number of carbonyl (C=O) groups excluding carboxylic acids is 1. The van der Waals surface area contributed by atoms with E-state index in [1.54, 1.807) is 0 Å². The minimum atomic E-state index is -0.0217. The minimum Gasteiger partial charge on any atom is -0.491 e. The zero-order valence-electron chi connectivity index (χ0n) is 19.1. The van der Waals surface area contributed by atoms with Crippen molar-refractivity contribution in [1.82, 2.24) is 4.57 Å². The molecule has 0 spiro atoms. The van der Waals surface area contributed by atoms with Crippen molar-refractivity contribution >= 4 is 22.5 Å². The molecule has 1 aromatic heterocycles.